The van der Waals surface area contributed by atoms with Crippen LogP contribution in [0.1, 0.15) is 5.56 Å². The van der Waals surface area contributed by atoms with Crippen molar-refractivity contribution in [2.75, 3.05) is 0 Å². The maximum Gasteiger partial charge on any atom is 0.230 e. The number of hydrogen-bond donors (Lipinski definition) is 0. The van der Waals surface area contributed by atoms with E-state index in [1.54, 1.807) is 41.3 Å². The number of oxazole rings is 1. The number of para-hydroxylation sites is 7. The first-order valence-electron chi connectivity index (χ1n) is 25.8. The van der Waals surface area contributed by atoms with E-state index in [2.05, 4.69) is 53.6 Å². The van der Waals surface area contributed by atoms with Crippen LogP contribution in [0.5, 0.6) is 0 Å². The molecule has 0 N–H and O–H groups in total. The van der Waals surface area contributed by atoms with Crippen molar-refractivity contribution in [3.8, 4) is 84.4 Å². The largest absolute Gasteiger partial charge is 0.462 e. The predicted octanol–water partition coefficient (Wildman–Crippen LogP) is 17.9. The molecule has 10 aromatic heterocycles. The van der Waals surface area contributed by atoms with Gasteiger partial charge in [0.25, 0.3) is 0 Å². The number of imidazole rings is 1. The highest BCUT2D eigenvalue weighted by Gasteiger charge is 2.18. The van der Waals surface area contributed by atoms with Crippen LogP contribution in [0.2, 0.25) is 0 Å². The Labute approximate surface area is 471 Å². The van der Waals surface area contributed by atoms with E-state index < -0.39 is 0 Å². The highest BCUT2D eigenvalue weighted by molar-refractivity contribution is 7.13. The van der Waals surface area contributed by atoms with E-state index in [0.29, 0.717) is 5.89 Å². The van der Waals surface area contributed by atoms with Gasteiger partial charge in [0.15, 0.2) is 39.5 Å². The molecule has 16 aromatic rings. The summed E-state index contributed by atoms with van der Waals surface area (Å²) in [5.41, 5.74) is 12.2. The van der Waals surface area contributed by atoms with Crippen molar-refractivity contribution < 1.29 is 22.1 Å². The van der Waals surface area contributed by atoms with Crippen LogP contribution in [0.15, 0.2) is 264 Å². The fraction of sp³-hybridized carbons (Fsp3) is 0.0303. The Morgan fingerprint density at radius 3 is 1.96 bits per heavy atom. The molecule has 10 heterocycles. The Morgan fingerprint density at radius 1 is 0.481 bits per heavy atom. The quantitative estimate of drug-likeness (QED) is 0.143. The molecule has 16 rings (SSSR count). The van der Waals surface area contributed by atoms with Crippen LogP contribution in [0.25, 0.3) is 128 Å². The van der Waals surface area contributed by atoms with E-state index in [4.69, 9.17) is 22.1 Å². The zero-order valence-corrected chi connectivity index (χ0v) is 45.2. The Hall–Kier alpha value is -10.5. The van der Waals surface area contributed by atoms with Crippen LogP contribution in [0.4, 0.5) is 0 Å². The summed E-state index contributed by atoms with van der Waals surface area (Å²) in [5, 5.41) is 12.4. The van der Waals surface area contributed by atoms with Gasteiger partial charge in [-0.25, -0.2) is 24.6 Å². The van der Waals surface area contributed by atoms with E-state index in [1.807, 2.05) is 223 Å². The molecule has 0 aliphatic rings. The topological polar surface area (TPSA) is 153 Å². The minimum Gasteiger partial charge on any atom is -0.462 e. The standard InChI is InChI=1S/C18H14N2O.C17H12N2OS.C16H11N3O.C15H9NO2S/c1-20-15-10-6-5-9-14(15)19-18(20)17-12-11-16(21-17)13-7-3-2-4-8-13;1-11-12-6-2-3-8-15(12)20-16(11)14-10-21-17(19-14)13-7-4-5-9-18-13;1-2-6-13(7-3-1)19-11-12(10-17-19)16-18-14-8-4-5-9-15(14)20-16;1-2-5-12-10(4-1)8-14(18-12)11-9-19-15(16-11)13-6-3-7-17-13/h2-12H,1H3;2-10H,1H3;1-11H;1-9H. The zero-order chi connectivity index (χ0) is 54.5. The van der Waals surface area contributed by atoms with Crippen molar-refractivity contribution in [1.82, 2.24) is 39.3 Å². The van der Waals surface area contributed by atoms with Crippen molar-refractivity contribution in [1.29, 1.82) is 0 Å². The molecule has 0 aliphatic carbocycles. The van der Waals surface area contributed by atoms with Gasteiger partial charge in [0.1, 0.15) is 38.8 Å². The lowest BCUT2D eigenvalue weighted by atomic mass is 10.1. The van der Waals surface area contributed by atoms with Crippen molar-refractivity contribution in [2.45, 2.75) is 6.92 Å². The number of nitrogens with zero attached hydrogens (tertiary/aromatic N) is 8. The van der Waals surface area contributed by atoms with E-state index in [0.717, 1.165) is 128 Å². The number of hydrogen-bond acceptors (Lipinski definition) is 13. The number of thiazole rings is 2. The summed E-state index contributed by atoms with van der Waals surface area (Å²) < 4.78 is 32.7. The lowest BCUT2D eigenvalue weighted by molar-refractivity contribution is 0.581. The molecular formula is C66H46N8O5S2. The average molecular weight is 1100 g/mol. The van der Waals surface area contributed by atoms with Gasteiger partial charge in [-0.15, -0.1) is 22.7 Å². The first kappa shape index (κ1) is 50.1. The second-order valence-corrected chi connectivity index (χ2v) is 20.2. The highest BCUT2D eigenvalue weighted by Crippen LogP contribution is 2.36. The average Bonchev–Trinajstić information content (AvgIpc) is 4.43. The van der Waals surface area contributed by atoms with E-state index in [-0.39, 0.29) is 0 Å². The van der Waals surface area contributed by atoms with Gasteiger partial charge in [0.2, 0.25) is 5.89 Å². The van der Waals surface area contributed by atoms with E-state index >= 15 is 0 Å². The normalized spacial score (nSPS) is 11.1. The molecule has 0 radical (unpaired) electrons. The minimum atomic E-state index is 0.591. The number of aromatic nitrogens is 8. The molecule has 13 nitrogen and oxygen atoms in total. The third kappa shape index (κ3) is 10.6. The zero-order valence-electron chi connectivity index (χ0n) is 43.5. The fourth-order valence-corrected chi connectivity index (χ4v) is 10.7. The molecule has 0 unspecified atom stereocenters. The van der Waals surface area contributed by atoms with E-state index in [9.17, 15) is 0 Å². The summed E-state index contributed by atoms with van der Waals surface area (Å²) in [7, 11) is 2.01. The van der Waals surface area contributed by atoms with Crippen molar-refractivity contribution in [3.63, 3.8) is 0 Å². The second-order valence-electron chi connectivity index (χ2n) is 18.5. The van der Waals surface area contributed by atoms with Crippen molar-refractivity contribution in [2.24, 2.45) is 7.05 Å². The van der Waals surface area contributed by atoms with Crippen LogP contribution in [-0.4, -0.2) is 39.3 Å². The van der Waals surface area contributed by atoms with Gasteiger partial charge in [-0.05, 0) is 97.9 Å². The summed E-state index contributed by atoms with van der Waals surface area (Å²) in [4.78, 5) is 22.7. The fourth-order valence-electron chi connectivity index (χ4n) is 9.14. The van der Waals surface area contributed by atoms with Crippen molar-refractivity contribution in [3.05, 3.63) is 247 Å². The number of fused-ring (bicyclic) bond motifs is 4. The first-order chi connectivity index (χ1) is 40.0. The van der Waals surface area contributed by atoms with Gasteiger partial charge in [-0.2, -0.15) is 5.10 Å². The summed E-state index contributed by atoms with van der Waals surface area (Å²) in [6.07, 6.45) is 7.11. The molecule has 0 atom stereocenters. The predicted molar refractivity (Wildman–Crippen MR) is 321 cm³/mol. The molecule has 0 saturated heterocycles. The Morgan fingerprint density at radius 2 is 1.19 bits per heavy atom. The molecule has 0 saturated carbocycles. The molecule has 0 aliphatic heterocycles. The number of pyridine rings is 1. The highest BCUT2D eigenvalue weighted by atomic mass is 32.1. The monoisotopic (exact) mass is 1090 g/mol. The van der Waals surface area contributed by atoms with Gasteiger partial charge in [-0.1, -0.05) is 115 Å². The minimum absolute atomic E-state index is 0.591. The third-order valence-electron chi connectivity index (χ3n) is 13.2. The van der Waals surface area contributed by atoms with Crippen LogP contribution >= 0.6 is 22.7 Å². The number of aryl methyl sites for hydroxylation is 2. The van der Waals surface area contributed by atoms with Gasteiger partial charge in [0, 0.05) is 52.1 Å². The summed E-state index contributed by atoms with van der Waals surface area (Å²) in [6.45, 7) is 2.07. The van der Waals surface area contributed by atoms with Crippen LogP contribution in [0, 0.1) is 6.92 Å². The lowest BCUT2D eigenvalue weighted by Gasteiger charge is -1.99. The maximum absolute atomic E-state index is 5.98. The van der Waals surface area contributed by atoms with Crippen LogP contribution in [-0.2, 0) is 7.05 Å². The Kier molecular flexibility index (Phi) is 13.9. The maximum atomic E-state index is 5.98. The molecule has 6 aromatic carbocycles. The molecule has 0 spiro atoms. The molecule has 0 fully saturated rings. The molecule has 81 heavy (non-hydrogen) atoms. The summed E-state index contributed by atoms with van der Waals surface area (Å²) >= 11 is 3.13. The smallest absolute Gasteiger partial charge is 0.230 e. The van der Waals surface area contributed by atoms with Gasteiger partial charge in [-0.3, -0.25) is 4.98 Å². The molecular weight excluding hydrogens is 1050 g/mol. The van der Waals surface area contributed by atoms with Crippen LogP contribution in [0.3, 0.4) is 0 Å². The lowest BCUT2D eigenvalue weighted by Crippen LogP contribution is -1.92. The van der Waals surface area contributed by atoms with E-state index in [1.165, 1.54) is 0 Å². The molecule has 392 valence electrons. The first-order valence-corrected chi connectivity index (χ1v) is 27.6. The number of furan rings is 4. The Bertz CT molecular complexity index is 4480. The summed E-state index contributed by atoms with van der Waals surface area (Å²) in [5.74, 6) is 5.49. The van der Waals surface area contributed by atoms with Crippen LogP contribution < -0.4 is 0 Å². The van der Waals surface area contributed by atoms with Gasteiger partial charge in [0.05, 0.1) is 40.4 Å². The molecule has 15 heteroatoms. The van der Waals surface area contributed by atoms with Gasteiger partial charge < -0.3 is 26.7 Å². The molecule has 0 bridgehead atoms. The third-order valence-corrected chi connectivity index (χ3v) is 14.9. The molecule has 0 amide bonds. The van der Waals surface area contributed by atoms with Gasteiger partial charge >= 0.3 is 0 Å². The number of benzene rings is 6. The Balaban J connectivity index is 0.000000102. The van der Waals surface area contributed by atoms with Crippen molar-refractivity contribution >= 4 is 66.7 Å². The summed E-state index contributed by atoms with van der Waals surface area (Å²) in [6, 6.07) is 67.4. The second kappa shape index (κ2) is 22.5. The number of rotatable bonds is 8. The SMILES string of the molecule is Cc1c(-c2csc(-c3ccccn3)n2)oc2ccccc12.Cn1c(-c2ccc(-c3ccccc3)o2)nc2ccccc21.c1ccc(-n2cc(-c3nc4ccccc4o3)cn2)cc1.c1coc(-c2nc(-c3cc4ccccc4o3)cs2)c1.